The summed E-state index contributed by atoms with van der Waals surface area (Å²) in [5, 5.41) is 5.79. The fourth-order valence-corrected chi connectivity index (χ4v) is 2.10. The number of rotatable bonds is 6. The van der Waals surface area contributed by atoms with Crippen LogP contribution in [0, 0.1) is 13.8 Å². The number of urea groups is 1. The van der Waals surface area contributed by atoms with Crippen LogP contribution in [0.2, 0.25) is 0 Å². The zero-order valence-corrected chi connectivity index (χ0v) is 11.9. The van der Waals surface area contributed by atoms with Crippen molar-refractivity contribution in [3.8, 4) is 0 Å². The molecule has 2 amide bonds. The summed E-state index contributed by atoms with van der Waals surface area (Å²) in [6.07, 6.45) is 0. The van der Waals surface area contributed by atoms with Crippen molar-refractivity contribution in [1.29, 1.82) is 0 Å². The zero-order chi connectivity index (χ0) is 13.4. The topological polar surface area (TPSA) is 66.1 Å². The van der Waals surface area contributed by atoms with Gasteiger partial charge in [-0.1, -0.05) is 0 Å². The maximum absolute atomic E-state index is 10.9. The van der Waals surface area contributed by atoms with Gasteiger partial charge in [-0.05, 0) is 43.5 Å². The molecule has 0 aliphatic rings. The van der Waals surface area contributed by atoms with Crippen LogP contribution >= 0.6 is 11.9 Å². The average Bonchev–Trinajstić information content (AvgIpc) is 2.32. The van der Waals surface area contributed by atoms with Crippen LogP contribution in [0.5, 0.6) is 0 Å². The van der Waals surface area contributed by atoms with Gasteiger partial charge in [-0.25, -0.2) is 4.79 Å². The molecule has 1 heterocycles. The van der Waals surface area contributed by atoms with Crippen molar-refractivity contribution in [2.75, 3.05) is 19.3 Å². The molecule has 5 nitrogen and oxygen atoms in total. The van der Waals surface area contributed by atoms with Crippen molar-refractivity contribution in [3.63, 3.8) is 0 Å². The number of hydrogen-bond acceptors (Lipinski definition) is 4. The molecule has 0 radical (unpaired) electrons. The van der Waals surface area contributed by atoms with E-state index in [0.717, 1.165) is 30.2 Å². The molecule has 0 saturated heterocycles. The molecule has 100 valence electrons. The smallest absolute Gasteiger partial charge is 0.324 e. The highest BCUT2D eigenvalue weighted by atomic mass is 32.2. The molecule has 0 bridgehead atoms. The molecule has 0 aromatic carbocycles. The normalized spacial score (nSPS) is 10.2. The van der Waals surface area contributed by atoms with Crippen molar-refractivity contribution in [1.82, 2.24) is 20.3 Å². The van der Waals surface area contributed by atoms with Gasteiger partial charge >= 0.3 is 6.03 Å². The minimum absolute atomic E-state index is 0.170. The molecule has 0 spiro atoms. The SMILES string of the molecule is CNC(=O)NSCCNCc1cc(C)cc(C)n1. The van der Waals surface area contributed by atoms with E-state index < -0.39 is 0 Å². The number of nitrogens with one attached hydrogen (secondary N) is 3. The Kier molecular flexibility index (Phi) is 6.53. The van der Waals surface area contributed by atoms with Gasteiger partial charge in [0.15, 0.2) is 0 Å². The van der Waals surface area contributed by atoms with Gasteiger partial charge in [-0.3, -0.25) is 9.71 Å². The fraction of sp³-hybridized carbons (Fsp3) is 0.500. The molecular weight excluding hydrogens is 248 g/mol. The molecule has 0 fully saturated rings. The highest BCUT2D eigenvalue weighted by Gasteiger charge is 1.98. The monoisotopic (exact) mass is 268 g/mol. The summed E-state index contributed by atoms with van der Waals surface area (Å²) in [5.74, 6) is 0.818. The van der Waals surface area contributed by atoms with E-state index in [4.69, 9.17) is 0 Å². The number of amides is 2. The summed E-state index contributed by atoms with van der Waals surface area (Å²) in [4.78, 5) is 15.3. The molecule has 1 aromatic rings. The van der Waals surface area contributed by atoms with Gasteiger partial charge in [0.2, 0.25) is 0 Å². The second kappa shape index (κ2) is 7.94. The van der Waals surface area contributed by atoms with Gasteiger partial charge in [-0.2, -0.15) is 0 Å². The molecule has 18 heavy (non-hydrogen) atoms. The fourth-order valence-electron chi connectivity index (χ4n) is 1.52. The minimum atomic E-state index is -0.170. The van der Waals surface area contributed by atoms with Crippen molar-refractivity contribution < 1.29 is 4.79 Å². The highest BCUT2D eigenvalue weighted by Crippen LogP contribution is 2.03. The van der Waals surface area contributed by atoms with Crippen LogP contribution in [0.4, 0.5) is 4.79 Å². The quantitative estimate of drug-likeness (QED) is 0.538. The molecule has 1 aromatic heterocycles. The van der Waals surface area contributed by atoms with Crippen LogP contribution in [0.3, 0.4) is 0 Å². The summed E-state index contributed by atoms with van der Waals surface area (Å²) in [7, 11) is 1.60. The molecule has 0 atom stereocenters. The van der Waals surface area contributed by atoms with Crippen molar-refractivity contribution >= 4 is 18.0 Å². The number of nitrogens with zero attached hydrogens (tertiary/aromatic N) is 1. The van der Waals surface area contributed by atoms with Crippen LogP contribution in [0.1, 0.15) is 17.0 Å². The van der Waals surface area contributed by atoms with Gasteiger partial charge in [0.1, 0.15) is 0 Å². The lowest BCUT2D eigenvalue weighted by molar-refractivity contribution is 0.248. The van der Waals surface area contributed by atoms with Crippen LogP contribution in [-0.4, -0.2) is 30.4 Å². The van der Waals surface area contributed by atoms with Crippen LogP contribution in [0.25, 0.3) is 0 Å². The second-order valence-electron chi connectivity index (χ2n) is 3.98. The zero-order valence-electron chi connectivity index (χ0n) is 11.0. The van der Waals surface area contributed by atoms with E-state index in [1.165, 1.54) is 17.5 Å². The average molecular weight is 268 g/mol. The van der Waals surface area contributed by atoms with Gasteiger partial charge in [-0.15, -0.1) is 0 Å². The molecule has 3 N–H and O–H groups in total. The molecule has 0 aliphatic carbocycles. The Morgan fingerprint density at radius 1 is 1.39 bits per heavy atom. The lowest BCUT2D eigenvalue weighted by Gasteiger charge is -2.06. The maximum atomic E-state index is 10.9. The highest BCUT2D eigenvalue weighted by molar-refractivity contribution is 7.97. The summed E-state index contributed by atoms with van der Waals surface area (Å²) in [6, 6.07) is 3.97. The molecule has 0 aliphatic heterocycles. The Morgan fingerprint density at radius 3 is 2.83 bits per heavy atom. The number of carbonyl (C=O) groups is 1. The van der Waals surface area contributed by atoms with Crippen LogP contribution in [-0.2, 0) is 6.54 Å². The van der Waals surface area contributed by atoms with Crippen molar-refractivity contribution in [2.24, 2.45) is 0 Å². The first-order chi connectivity index (χ1) is 8.61. The molecule has 0 saturated carbocycles. The second-order valence-corrected chi connectivity index (χ2v) is 4.88. The Labute approximate surface area is 112 Å². The van der Waals surface area contributed by atoms with E-state index in [1.54, 1.807) is 7.05 Å². The van der Waals surface area contributed by atoms with E-state index in [2.05, 4.69) is 39.4 Å². The third kappa shape index (κ3) is 5.88. The van der Waals surface area contributed by atoms with E-state index in [9.17, 15) is 4.79 Å². The Bertz CT molecular complexity index is 377. The number of pyridine rings is 1. The predicted molar refractivity (Wildman–Crippen MR) is 75.5 cm³/mol. The summed E-state index contributed by atoms with van der Waals surface area (Å²) in [5.41, 5.74) is 3.33. The molecule has 0 unspecified atom stereocenters. The number of carbonyl (C=O) groups excluding carboxylic acids is 1. The van der Waals surface area contributed by atoms with Gasteiger partial charge in [0.05, 0.1) is 5.69 Å². The van der Waals surface area contributed by atoms with Crippen molar-refractivity contribution in [3.05, 3.63) is 29.1 Å². The summed E-state index contributed by atoms with van der Waals surface area (Å²) < 4.78 is 2.66. The molecular formula is C12H20N4OS. The van der Waals surface area contributed by atoms with E-state index in [0.29, 0.717) is 0 Å². The van der Waals surface area contributed by atoms with Gasteiger partial charge in [0, 0.05) is 31.6 Å². The first kappa shape index (κ1) is 14.8. The van der Waals surface area contributed by atoms with Gasteiger partial charge in [0.25, 0.3) is 0 Å². The molecule has 1 rings (SSSR count). The number of aromatic nitrogens is 1. The Morgan fingerprint density at radius 2 is 2.17 bits per heavy atom. The number of aryl methyl sites for hydroxylation is 2. The van der Waals surface area contributed by atoms with Gasteiger partial charge < -0.3 is 10.6 Å². The van der Waals surface area contributed by atoms with Crippen molar-refractivity contribution in [2.45, 2.75) is 20.4 Å². The summed E-state index contributed by atoms with van der Waals surface area (Å²) in [6.45, 7) is 5.65. The number of hydrogen-bond donors (Lipinski definition) is 3. The van der Waals surface area contributed by atoms with E-state index >= 15 is 0 Å². The third-order valence-electron chi connectivity index (χ3n) is 2.23. The summed E-state index contributed by atoms with van der Waals surface area (Å²) >= 11 is 1.38. The van der Waals surface area contributed by atoms with E-state index in [-0.39, 0.29) is 6.03 Å². The lowest BCUT2D eigenvalue weighted by atomic mass is 10.2. The largest absolute Gasteiger partial charge is 0.341 e. The minimum Gasteiger partial charge on any atom is -0.341 e. The first-order valence-corrected chi connectivity index (χ1v) is 6.85. The third-order valence-corrected chi connectivity index (χ3v) is 2.97. The standard InChI is InChI=1S/C12H20N4OS/c1-9-6-10(2)15-11(7-9)8-14-4-5-18-16-12(17)13-3/h6-7,14H,4-5,8H2,1-3H3,(H2,13,16,17). The Balaban J connectivity index is 2.16. The Hall–Kier alpha value is -1.27. The predicted octanol–water partition coefficient (Wildman–Crippen LogP) is 1.37. The maximum Gasteiger partial charge on any atom is 0.324 e. The first-order valence-electron chi connectivity index (χ1n) is 5.86. The molecule has 6 heteroatoms. The van der Waals surface area contributed by atoms with E-state index in [1.807, 2.05) is 6.92 Å². The van der Waals surface area contributed by atoms with Crippen LogP contribution in [0.15, 0.2) is 12.1 Å². The lowest BCUT2D eigenvalue weighted by Crippen LogP contribution is -2.29. The van der Waals surface area contributed by atoms with Crippen LogP contribution < -0.4 is 15.4 Å².